The summed E-state index contributed by atoms with van der Waals surface area (Å²) in [4.78, 5) is 7.07. The lowest BCUT2D eigenvalue weighted by Crippen LogP contribution is -2.43. The molecule has 3 N–H and O–H groups in total. The van der Waals surface area contributed by atoms with E-state index >= 15 is 0 Å². The third-order valence-electron chi connectivity index (χ3n) is 5.09. The van der Waals surface area contributed by atoms with E-state index in [-0.39, 0.29) is 30.0 Å². The van der Waals surface area contributed by atoms with Crippen LogP contribution in [0.4, 0.5) is 0 Å². The van der Waals surface area contributed by atoms with Crippen molar-refractivity contribution in [2.45, 2.75) is 45.8 Å². The third kappa shape index (κ3) is 10.4. The first kappa shape index (κ1) is 27.9. The number of nitrogens with one attached hydrogen (secondary N) is 2. The summed E-state index contributed by atoms with van der Waals surface area (Å²) in [6.07, 6.45) is 1.86. The summed E-state index contributed by atoms with van der Waals surface area (Å²) in [5, 5.41) is 16.9. The highest BCUT2D eigenvalue weighted by molar-refractivity contribution is 14.0. The number of halogens is 1. The summed E-state index contributed by atoms with van der Waals surface area (Å²) in [5.41, 5.74) is 1.24. The van der Waals surface area contributed by atoms with Crippen LogP contribution >= 0.6 is 24.0 Å². The number of aliphatic hydroxyl groups is 1. The fourth-order valence-corrected chi connectivity index (χ4v) is 3.58. The van der Waals surface area contributed by atoms with Crippen LogP contribution in [0.2, 0.25) is 0 Å². The molecule has 0 aliphatic carbocycles. The second kappa shape index (κ2) is 15.7. The van der Waals surface area contributed by atoms with Gasteiger partial charge in [-0.15, -0.1) is 24.0 Å². The molecule has 0 aromatic heterocycles. The molecule has 1 aliphatic heterocycles. The average Bonchev–Trinajstić information content (AvgIpc) is 3.26. The molecule has 1 fully saturated rings. The largest absolute Gasteiger partial charge is 0.497 e. The number of methoxy groups -OCH3 is 1. The monoisotopic (exact) mass is 548 g/mol. The molecule has 0 radical (unpaired) electrons. The third-order valence-corrected chi connectivity index (χ3v) is 5.09. The highest BCUT2D eigenvalue weighted by Crippen LogP contribution is 2.27. The summed E-state index contributed by atoms with van der Waals surface area (Å²) in [6.45, 7) is 11.2. The van der Waals surface area contributed by atoms with Gasteiger partial charge in [-0.05, 0) is 56.5 Å². The molecule has 2 atom stereocenters. The molecule has 8 heteroatoms. The van der Waals surface area contributed by atoms with Gasteiger partial charge in [-0.3, -0.25) is 9.89 Å². The summed E-state index contributed by atoms with van der Waals surface area (Å²) in [5.74, 6) is 2.05. The van der Waals surface area contributed by atoms with Crippen LogP contribution in [0.1, 0.15) is 45.2 Å². The van der Waals surface area contributed by atoms with Crippen molar-refractivity contribution in [2.75, 3.05) is 53.0 Å². The van der Waals surface area contributed by atoms with E-state index in [4.69, 9.17) is 9.47 Å². The minimum Gasteiger partial charge on any atom is -0.497 e. The van der Waals surface area contributed by atoms with Crippen molar-refractivity contribution < 1.29 is 14.6 Å². The van der Waals surface area contributed by atoms with E-state index in [1.54, 1.807) is 7.11 Å². The molecule has 31 heavy (non-hydrogen) atoms. The Morgan fingerprint density at radius 2 is 1.94 bits per heavy atom. The smallest absolute Gasteiger partial charge is 0.191 e. The number of hydrogen-bond donors (Lipinski definition) is 3. The van der Waals surface area contributed by atoms with E-state index in [1.165, 1.54) is 18.4 Å². The predicted octanol–water partition coefficient (Wildman–Crippen LogP) is 3.04. The second-order valence-electron chi connectivity index (χ2n) is 8.22. The lowest BCUT2D eigenvalue weighted by molar-refractivity contribution is 0.0301. The van der Waals surface area contributed by atoms with E-state index in [0.717, 1.165) is 31.9 Å². The van der Waals surface area contributed by atoms with Gasteiger partial charge in [-0.25, -0.2) is 0 Å². The predicted molar refractivity (Wildman–Crippen MR) is 138 cm³/mol. The van der Waals surface area contributed by atoms with Gasteiger partial charge in [0.2, 0.25) is 0 Å². The number of guanidine groups is 1. The van der Waals surface area contributed by atoms with Gasteiger partial charge in [0.15, 0.2) is 5.96 Å². The molecule has 2 unspecified atom stereocenters. The summed E-state index contributed by atoms with van der Waals surface area (Å²) >= 11 is 0. The van der Waals surface area contributed by atoms with E-state index < -0.39 is 6.10 Å². The molecule has 0 spiro atoms. The van der Waals surface area contributed by atoms with Gasteiger partial charge in [0.05, 0.1) is 32.4 Å². The van der Waals surface area contributed by atoms with Gasteiger partial charge < -0.3 is 25.2 Å². The molecule has 0 bridgehead atoms. The van der Waals surface area contributed by atoms with Crippen molar-refractivity contribution in [1.29, 1.82) is 0 Å². The van der Waals surface area contributed by atoms with Gasteiger partial charge in [0.25, 0.3) is 0 Å². The van der Waals surface area contributed by atoms with E-state index in [1.807, 2.05) is 19.1 Å². The number of hydrogen-bond acceptors (Lipinski definition) is 5. The number of aliphatic imine (C=N–C) groups is 1. The number of nitrogens with zero attached hydrogens (tertiary/aromatic N) is 2. The number of likely N-dealkylation sites (tertiary alicyclic amines) is 1. The Morgan fingerprint density at radius 3 is 2.58 bits per heavy atom. The van der Waals surface area contributed by atoms with E-state index in [2.05, 4.69) is 46.5 Å². The van der Waals surface area contributed by atoms with Crippen LogP contribution < -0.4 is 15.4 Å². The number of rotatable bonds is 12. The zero-order valence-electron chi connectivity index (χ0n) is 19.5. The Balaban J connectivity index is 0.00000480. The molecule has 1 aliphatic rings. The Bertz CT molecular complexity index is 639. The van der Waals surface area contributed by atoms with Gasteiger partial charge in [-0.1, -0.05) is 26.0 Å². The molecule has 2 rings (SSSR count). The molecule has 0 saturated carbocycles. The zero-order chi connectivity index (χ0) is 21.8. The number of aliphatic hydroxyl groups excluding tert-OH is 1. The lowest BCUT2D eigenvalue weighted by Gasteiger charge is -2.29. The molecular formula is C23H41IN4O3. The number of benzene rings is 1. The maximum atomic E-state index is 10.2. The van der Waals surface area contributed by atoms with Crippen molar-refractivity contribution >= 4 is 29.9 Å². The highest BCUT2D eigenvalue weighted by Gasteiger charge is 2.24. The summed E-state index contributed by atoms with van der Waals surface area (Å²) in [7, 11) is 1.70. The van der Waals surface area contributed by atoms with Crippen molar-refractivity contribution in [3.05, 3.63) is 29.8 Å². The normalized spacial score (nSPS) is 16.6. The van der Waals surface area contributed by atoms with Crippen LogP contribution in [0.3, 0.4) is 0 Å². The van der Waals surface area contributed by atoms with Crippen LogP contribution in [0, 0.1) is 5.92 Å². The Hall–Kier alpha value is -1.10. The molecule has 0 amide bonds. The van der Waals surface area contributed by atoms with Gasteiger partial charge in [-0.2, -0.15) is 0 Å². The quantitative estimate of drug-likeness (QED) is 0.212. The zero-order valence-corrected chi connectivity index (χ0v) is 21.8. The van der Waals surface area contributed by atoms with E-state index in [9.17, 15) is 5.11 Å². The van der Waals surface area contributed by atoms with Crippen LogP contribution in [0.25, 0.3) is 0 Å². The molecule has 178 valence electrons. The van der Waals surface area contributed by atoms with Crippen molar-refractivity contribution in [3.8, 4) is 5.75 Å². The fourth-order valence-electron chi connectivity index (χ4n) is 3.58. The average molecular weight is 549 g/mol. The topological polar surface area (TPSA) is 78.4 Å². The van der Waals surface area contributed by atoms with Crippen LogP contribution in [-0.2, 0) is 4.74 Å². The Kier molecular flexibility index (Phi) is 14.1. The van der Waals surface area contributed by atoms with Crippen molar-refractivity contribution in [3.63, 3.8) is 0 Å². The molecule has 1 saturated heterocycles. The maximum Gasteiger partial charge on any atom is 0.191 e. The molecule has 1 aromatic rings. The Labute approximate surface area is 205 Å². The van der Waals surface area contributed by atoms with Gasteiger partial charge in [0.1, 0.15) is 5.75 Å². The standard InChI is InChI=1S/C23H40N4O3.HI/c1-5-24-23(25-14-20(28)17-30-16-18(2)3)26-15-22(27-11-6-7-12-27)19-9-8-10-21(13-19)29-4;/h8-10,13,18,20,22,28H,5-7,11-12,14-17H2,1-4H3,(H2,24,25,26);1H. The highest BCUT2D eigenvalue weighted by atomic mass is 127. The molecule has 1 heterocycles. The molecular weight excluding hydrogens is 507 g/mol. The SMILES string of the molecule is CCNC(=NCC(O)COCC(C)C)NCC(c1cccc(OC)c1)N1CCCC1.I. The van der Waals surface area contributed by atoms with Gasteiger partial charge >= 0.3 is 0 Å². The summed E-state index contributed by atoms with van der Waals surface area (Å²) in [6, 6.07) is 8.54. The molecule has 1 aromatic carbocycles. The summed E-state index contributed by atoms with van der Waals surface area (Å²) < 4.78 is 10.9. The number of ether oxygens (including phenoxy) is 2. The minimum absolute atomic E-state index is 0. The second-order valence-corrected chi connectivity index (χ2v) is 8.22. The van der Waals surface area contributed by atoms with Gasteiger partial charge in [0, 0.05) is 19.7 Å². The van der Waals surface area contributed by atoms with E-state index in [0.29, 0.717) is 31.6 Å². The first-order valence-corrected chi connectivity index (χ1v) is 11.2. The maximum absolute atomic E-state index is 10.2. The van der Waals surface area contributed by atoms with Crippen LogP contribution in [-0.4, -0.2) is 75.1 Å². The lowest BCUT2D eigenvalue weighted by atomic mass is 10.1. The van der Waals surface area contributed by atoms with Crippen LogP contribution in [0.15, 0.2) is 29.3 Å². The minimum atomic E-state index is -0.605. The van der Waals surface area contributed by atoms with Crippen molar-refractivity contribution in [2.24, 2.45) is 10.9 Å². The first-order chi connectivity index (χ1) is 14.5. The first-order valence-electron chi connectivity index (χ1n) is 11.2. The molecule has 7 nitrogen and oxygen atoms in total. The van der Waals surface area contributed by atoms with Crippen molar-refractivity contribution in [1.82, 2.24) is 15.5 Å². The van der Waals surface area contributed by atoms with Crippen LogP contribution in [0.5, 0.6) is 5.75 Å². The fraction of sp³-hybridized carbons (Fsp3) is 0.696. The Morgan fingerprint density at radius 1 is 1.19 bits per heavy atom.